The van der Waals surface area contributed by atoms with E-state index >= 15 is 0 Å². The summed E-state index contributed by atoms with van der Waals surface area (Å²) in [4.78, 5) is 39.5. The van der Waals surface area contributed by atoms with Crippen LogP contribution >= 0.6 is 95.9 Å². The summed E-state index contributed by atoms with van der Waals surface area (Å²) in [5, 5.41) is 0. The topological polar surface area (TPSA) is 51.8 Å². The second kappa shape index (κ2) is 16.1. The lowest BCUT2D eigenvalue weighted by Gasteiger charge is -2.56. The molecule has 16 saturated heterocycles. The third kappa shape index (κ3) is 8.59. The minimum Gasteiger partial charge on any atom is -0.264 e. The lowest BCUT2D eigenvalue weighted by molar-refractivity contribution is -0.194. The molecule has 0 saturated carbocycles. The molecule has 16 fully saturated rings. The van der Waals surface area contributed by atoms with Crippen LogP contribution in [0.5, 0.6) is 0 Å². The number of rotatable bonds is 0. The van der Waals surface area contributed by atoms with Crippen molar-refractivity contribution in [3.8, 4) is 0 Å². The predicted molar refractivity (Wildman–Crippen MR) is 208 cm³/mol. The molecule has 16 aliphatic rings. The molecule has 0 unspecified atom stereocenters. The van der Waals surface area contributed by atoms with Gasteiger partial charge in [0.1, 0.15) is 0 Å². The first-order chi connectivity index (χ1) is 19.6. The minimum atomic E-state index is 0. The van der Waals surface area contributed by atoms with Crippen LogP contribution in [-0.2, 0) is 0 Å². The molecule has 0 aromatic heterocycles. The molecular formula is C24H52I4N16. The molecule has 16 nitrogen and oxygen atoms in total. The number of halogens is 4. The Morgan fingerprint density at radius 2 is 0.159 bits per heavy atom. The molecule has 0 aromatic rings. The molecule has 16 heterocycles. The Kier molecular flexibility index (Phi) is 13.7. The summed E-state index contributed by atoms with van der Waals surface area (Å²) in [5.41, 5.74) is 0. The van der Waals surface area contributed by atoms with Crippen molar-refractivity contribution in [1.29, 1.82) is 0 Å². The van der Waals surface area contributed by atoms with Gasteiger partial charge in [-0.25, -0.2) is 0 Å². The predicted octanol–water partition coefficient (Wildman–Crippen LogP) is -1.61. The van der Waals surface area contributed by atoms with E-state index in [2.05, 4.69) is 78.4 Å². The minimum absolute atomic E-state index is 0. The molecule has 0 aromatic carbocycles. The maximum Gasteiger partial charge on any atom is 0.0555 e. The fraction of sp³-hybridized carbons (Fsp3) is 1.00. The first-order valence-corrected chi connectivity index (χ1v) is 15.2. The van der Waals surface area contributed by atoms with E-state index < -0.39 is 0 Å². The Labute approximate surface area is 331 Å². The van der Waals surface area contributed by atoms with Gasteiger partial charge in [-0.2, -0.15) is 0 Å². The quantitative estimate of drug-likeness (QED) is 0.262. The highest BCUT2D eigenvalue weighted by Gasteiger charge is 2.39. The van der Waals surface area contributed by atoms with Crippen molar-refractivity contribution in [2.75, 3.05) is 160 Å². The van der Waals surface area contributed by atoms with Crippen LogP contribution in [0.3, 0.4) is 0 Å². The summed E-state index contributed by atoms with van der Waals surface area (Å²) in [7, 11) is 0. The third-order valence-electron chi connectivity index (χ3n) is 9.60. The lowest BCUT2D eigenvalue weighted by atomic mass is 10.4. The average molecular weight is 1070 g/mol. The van der Waals surface area contributed by atoms with Crippen LogP contribution in [-0.4, -0.2) is 238 Å². The molecule has 256 valence electrons. The largest absolute Gasteiger partial charge is 0.264 e. The van der Waals surface area contributed by atoms with Gasteiger partial charge in [-0.3, -0.25) is 78.4 Å². The molecule has 16 aliphatic heterocycles. The first kappa shape index (κ1) is 37.5. The van der Waals surface area contributed by atoms with Crippen LogP contribution in [0.15, 0.2) is 0 Å². The molecular weight excluding hydrogens is 1020 g/mol. The van der Waals surface area contributed by atoms with Gasteiger partial charge in [0.15, 0.2) is 0 Å². The van der Waals surface area contributed by atoms with Crippen molar-refractivity contribution in [2.45, 2.75) is 0 Å². The molecule has 0 amide bonds. The van der Waals surface area contributed by atoms with Gasteiger partial charge in [-0.15, -0.1) is 95.9 Å². The summed E-state index contributed by atoms with van der Waals surface area (Å²) < 4.78 is 0. The zero-order valence-electron chi connectivity index (χ0n) is 25.8. The van der Waals surface area contributed by atoms with E-state index in [0.29, 0.717) is 0 Å². The highest BCUT2D eigenvalue weighted by molar-refractivity contribution is 14.0. The third-order valence-corrected chi connectivity index (χ3v) is 9.60. The Morgan fingerprint density at radius 1 is 0.114 bits per heavy atom. The Morgan fingerprint density at radius 3 is 0.205 bits per heavy atom. The maximum atomic E-state index is 2.47. The van der Waals surface area contributed by atoms with Crippen LogP contribution in [0, 0.1) is 0 Å². The Hall–Kier alpha value is 2.28. The molecule has 16 bridgehead atoms. The summed E-state index contributed by atoms with van der Waals surface area (Å²) >= 11 is 0. The van der Waals surface area contributed by atoms with Gasteiger partial charge in [0.05, 0.1) is 160 Å². The standard InChI is InChI=1S/4C6H12N4.4HI/c4*1-7-2-9-4-8(1)5-10(3-7)6-9;;;;/h4*1-6H2;4*1H. The lowest BCUT2D eigenvalue weighted by Crippen LogP contribution is -2.71. The summed E-state index contributed by atoms with van der Waals surface area (Å²) in [6, 6.07) is 0. The van der Waals surface area contributed by atoms with Gasteiger partial charge in [0.25, 0.3) is 0 Å². The molecule has 44 heavy (non-hydrogen) atoms. The van der Waals surface area contributed by atoms with Gasteiger partial charge < -0.3 is 0 Å². The van der Waals surface area contributed by atoms with Crippen LogP contribution in [0.2, 0.25) is 0 Å². The fourth-order valence-electron chi connectivity index (χ4n) is 8.93. The van der Waals surface area contributed by atoms with Crippen molar-refractivity contribution in [1.82, 2.24) is 78.4 Å². The first-order valence-electron chi connectivity index (χ1n) is 15.2. The molecule has 0 radical (unpaired) electrons. The maximum absolute atomic E-state index is 2.47. The Bertz CT molecular complexity index is 569. The molecule has 16 rings (SSSR count). The number of hydrogen-bond acceptors (Lipinski definition) is 16. The molecule has 0 aliphatic carbocycles. The highest BCUT2D eigenvalue weighted by atomic mass is 127. The van der Waals surface area contributed by atoms with Crippen LogP contribution < -0.4 is 0 Å². The fourth-order valence-corrected chi connectivity index (χ4v) is 8.93. The number of hydrogen-bond donors (Lipinski definition) is 0. The van der Waals surface area contributed by atoms with Gasteiger partial charge in [-0.05, 0) is 0 Å². The molecule has 0 N–H and O–H groups in total. The van der Waals surface area contributed by atoms with Crippen molar-refractivity contribution in [3.05, 3.63) is 0 Å². The smallest absolute Gasteiger partial charge is 0.0555 e. The Balaban J connectivity index is 0.000000113. The van der Waals surface area contributed by atoms with Crippen molar-refractivity contribution in [2.24, 2.45) is 0 Å². The summed E-state index contributed by atoms with van der Waals surface area (Å²) in [6.07, 6.45) is 0. The second-order valence-electron chi connectivity index (χ2n) is 14.1. The van der Waals surface area contributed by atoms with E-state index in [-0.39, 0.29) is 95.9 Å². The summed E-state index contributed by atoms with van der Waals surface area (Å²) in [6.45, 7) is 28.5. The summed E-state index contributed by atoms with van der Waals surface area (Å²) in [5.74, 6) is 0. The van der Waals surface area contributed by atoms with E-state index in [1.54, 1.807) is 0 Å². The zero-order valence-corrected chi connectivity index (χ0v) is 35.1. The van der Waals surface area contributed by atoms with Gasteiger partial charge in [-0.1, -0.05) is 0 Å². The van der Waals surface area contributed by atoms with Gasteiger partial charge >= 0.3 is 0 Å². The highest BCUT2D eigenvalue weighted by Crippen LogP contribution is 2.23. The second-order valence-corrected chi connectivity index (χ2v) is 14.1. The van der Waals surface area contributed by atoms with Crippen LogP contribution in [0.4, 0.5) is 0 Å². The van der Waals surface area contributed by atoms with Crippen molar-refractivity contribution >= 4 is 95.9 Å². The van der Waals surface area contributed by atoms with E-state index in [1.165, 1.54) is 160 Å². The monoisotopic (exact) mass is 1070 g/mol. The van der Waals surface area contributed by atoms with Gasteiger partial charge in [0, 0.05) is 0 Å². The average Bonchev–Trinajstić information content (AvgIpc) is 2.87. The van der Waals surface area contributed by atoms with E-state index in [4.69, 9.17) is 0 Å². The van der Waals surface area contributed by atoms with Crippen molar-refractivity contribution < 1.29 is 0 Å². The molecule has 0 spiro atoms. The van der Waals surface area contributed by atoms with E-state index in [1.807, 2.05) is 0 Å². The van der Waals surface area contributed by atoms with Gasteiger partial charge in [0.2, 0.25) is 0 Å². The van der Waals surface area contributed by atoms with Crippen LogP contribution in [0.1, 0.15) is 0 Å². The molecule has 0 atom stereocenters. The SMILES string of the molecule is C1N2CN3CN1CN(C2)C3.C1N2CN3CN1CN(C2)C3.C1N2CN3CN1CN(C2)C3.C1N2CN3CN1CN(C2)C3.I.I.I.I. The van der Waals surface area contributed by atoms with E-state index in [0.717, 1.165) is 0 Å². The van der Waals surface area contributed by atoms with E-state index in [9.17, 15) is 0 Å². The normalized spacial score (nSPS) is 52.4. The van der Waals surface area contributed by atoms with Crippen molar-refractivity contribution in [3.63, 3.8) is 0 Å². The zero-order chi connectivity index (χ0) is 26.2. The van der Waals surface area contributed by atoms with Crippen LogP contribution in [0.25, 0.3) is 0 Å². The molecule has 20 heteroatoms. The number of nitrogens with zero attached hydrogens (tertiary/aromatic N) is 16.